The highest BCUT2D eigenvalue weighted by atomic mass is 35.5. The van der Waals surface area contributed by atoms with Gasteiger partial charge in [0.15, 0.2) is 15.1 Å². The summed E-state index contributed by atoms with van der Waals surface area (Å²) in [5.74, 6) is 1.34. The number of rotatable bonds is 10. The Balaban J connectivity index is 0.000000165. The molecular formula is C102H133BClN21O11S3. The number of hydrogen-bond acceptors (Lipinski definition) is 28. The van der Waals surface area contributed by atoms with Crippen molar-refractivity contribution >= 4 is 101 Å². The Kier molecular flexibility index (Phi) is 31.6. The van der Waals surface area contributed by atoms with E-state index in [0.717, 1.165) is 116 Å². The maximum absolute atomic E-state index is 13.6. The Labute approximate surface area is 825 Å². The molecule has 12 bridgehead atoms. The molecule has 16 rings (SSSR count). The molecule has 7 aliphatic heterocycles. The van der Waals surface area contributed by atoms with Crippen LogP contribution in [0.5, 0.6) is 0 Å². The number of nitrogens with one attached hydrogen (secondary N) is 6. The summed E-state index contributed by atoms with van der Waals surface area (Å²) in [4.78, 5) is 92.5. The molecule has 3 unspecified atom stereocenters. The van der Waals surface area contributed by atoms with Gasteiger partial charge in [-0.15, -0.1) is 0 Å². The third-order valence-electron chi connectivity index (χ3n) is 27.0. The topological polar surface area (TPSA) is 424 Å². The third-order valence-corrected chi connectivity index (χ3v) is 31.0. The van der Waals surface area contributed by atoms with Crippen molar-refractivity contribution in [2.24, 2.45) is 23.5 Å². The van der Waals surface area contributed by atoms with Crippen molar-refractivity contribution < 1.29 is 48.9 Å². The summed E-state index contributed by atoms with van der Waals surface area (Å²) in [6, 6.07) is 37.6. The van der Waals surface area contributed by atoms with Gasteiger partial charge in [-0.3, -0.25) is 29.3 Å². The minimum atomic E-state index is -4.29. The minimum Gasteiger partial charge on any atom is -0.403 e. The summed E-state index contributed by atoms with van der Waals surface area (Å²) < 4.78 is 98.6. The summed E-state index contributed by atoms with van der Waals surface area (Å²) in [6.07, 6.45) is 16.2. The molecule has 139 heavy (non-hydrogen) atoms. The Bertz CT molecular complexity index is 6460. The number of pyridine rings is 9. The molecule has 0 aromatic carbocycles. The Morgan fingerprint density at radius 1 is 0.475 bits per heavy atom. The Morgan fingerprint density at radius 3 is 1.12 bits per heavy atom. The minimum absolute atomic E-state index is 0.196. The number of nitrogens with zero attached hydrogens (tertiary/aromatic N) is 14. The number of halogens is 1. The molecule has 4 saturated heterocycles. The number of nitriles is 1. The number of hydrogen-bond donors (Lipinski definition) is 7. The average Bonchev–Trinajstić information content (AvgIpc) is 1.64. The molecule has 16 heterocycles. The van der Waals surface area contributed by atoms with Gasteiger partial charge in [0.25, 0.3) is 47.8 Å². The smallest absolute Gasteiger partial charge is 0.403 e. The first kappa shape index (κ1) is 105. The molecule has 37 heteroatoms. The van der Waals surface area contributed by atoms with Crippen LogP contribution in [0.4, 0.5) is 34.9 Å². The summed E-state index contributed by atoms with van der Waals surface area (Å²) in [5, 5.41) is 19.1. The molecular weight excluding hydrogens is 1840 g/mol. The van der Waals surface area contributed by atoms with Crippen molar-refractivity contribution in [3.05, 3.63) is 224 Å². The van der Waals surface area contributed by atoms with E-state index in [0.29, 0.717) is 110 Å². The van der Waals surface area contributed by atoms with E-state index in [1.165, 1.54) is 18.2 Å². The zero-order valence-electron chi connectivity index (χ0n) is 83.3. The first-order valence-corrected chi connectivity index (χ1v) is 52.5. The maximum atomic E-state index is 13.6. The van der Waals surface area contributed by atoms with Crippen molar-refractivity contribution in [2.45, 2.75) is 299 Å². The van der Waals surface area contributed by atoms with Crippen LogP contribution in [0.1, 0.15) is 297 Å². The number of aromatic nitrogens is 9. The van der Waals surface area contributed by atoms with Gasteiger partial charge in [-0.25, -0.2) is 50.6 Å². The number of amides is 3. The molecule has 740 valence electrons. The second kappa shape index (κ2) is 41.8. The predicted molar refractivity (Wildman–Crippen MR) is 542 cm³/mol. The van der Waals surface area contributed by atoms with E-state index >= 15 is 0 Å². The van der Waals surface area contributed by atoms with E-state index in [-0.39, 0.29) is 101 Å². The maximum Gasteiger partial charge on any atom is 0.465 e. The molecule has 0 saturated carbocycles. The fourth-order valence-corrected chi connectivity index (χ4v) is 21.9. The molecule has 0 spiro atoms. The van der Waals surface area contributed by atoms with Crippen molar-refractivity contribution in [1.29, 1.82) is 5.26 Å². The second-order valence-corrected chi connectivity index (χ2v) is 48.5. The lowest BCUT2D eigenvalue weighted by atomic mass is 9.85. The van der Waals surface area contributed by atoms with E-state index in [4.69, 9.17) is 58.4 Å². The molecule has 9 aromatic heterocycles. The van der Waals surface area contributed by atoms with Crippen molar-refractivity contribution in [2.75, 3.05) is 63.4 Å². The lowest BCUT2D eigenvalue weighted by Crippen LogP contribution is -2.41. The van der Waals surface area contributed by atoms with Gasteiger partial charge in [-0.05, 0) is 291 Å². The number of carbonyl (C=O) groups excluding carboxylic acids is 3. The van der Waals surface area contributed by atoms with Gasteiger partial charge in [0, 0.05) is 99.6 Å². The van der Waals surface area contributed by atoms with Crippen molar-refractivity contribution in [3.63, 3.8) is 0 Å². The number of carbonyl (C=O) groups is 3. The number of aryl methyl sites for hydroxylation is 2. The van der Waals surface area contributed by atoms with Crippen LogP contribution in [0.25, 0.3) is 4.85 Å². The number of nitrogens with two attached hydrogens (primary N) is 1. The predicted octanol–water partition coefficient (Wildman–Crippen LogP) is 17.5. The van der Waals surface area contributed by atoms with Crippen LogP contribution in [0.3, 0.4) is 0 Å². The lowest BCUT2D eigenvalue weighted by Gasteiger charge is -2.34. The van der Waals surface area contributed by atoms with Crippen LogP contribution in [-0.2, 0) is 68.5 Å². The summed E-state index contributed by atoms with van der Waals surface area (Å²) >= 11 is 6.30. The largest absolute Gasteiger partial charge is 0.465 e. The van der Waals surface area contributed by atoms with E-state index in [2.05, 4.69) is 191 Å². The number of anilines is 6. The summed E-state index contributed by atoms with van der Waals surface area (Å²) in [7, 11) is -13.1. The van der Waals surface area contributed by atoms with E-state index in [1.807, 2.05) is 64.2 Å². The Morgan fingerprint density at radius 2 is 0.806 bits per heavy atom. The molecule has 9 aromatic rings. The first-order chi connectivity index (χ1) is 65.1. The summed E-state index contributed by atoms with van der Waals surface area (Å²) in [6.45, 7) is 49.4. The van der Waals surface area contributed by atoms with E-state index in [1.54, 1.807) is 85.2 Å². The van der Waals surface area contributed by atoms with E-state index in [9.17, 15) is 39.6 Å². The van der Waals surface area contributed by atoms with Gasteiger partial charge in [0.05, 0.1) is 75.5 Å². The molecule has 8 N–H and O–H groups in total. The molecule has 0 radical (unpaired) electrons. The van der Waals surface area contributed by atoms with Crippen LogP contribution in [0.2, 0.25) is 11.3 Å². The quantitative estimate of drug-likeness (QED) is 0.0494. The zero-order chi connectivity index (χ0) is 101. The Hall–Kier alpha value is -11.4. The third kappa shape index (κ3) is 25.5. The lowest BCUT2D eigenvalue weighted by molar-refractivity contribution is 0.00578. The fourth-order valence-electron chi connectivity index (χ4n) is 18.9. The van der Waals surface area contributed by atoms with Crippen LogP contribution in [0.15, 0.2) is 161 Å². The van der Waals surface area contributed by atoms with Gasteiger partial charge >= 0.3 is 7.12 Å². The van der Waals surface area contributed by atoms with E-state index < -0.39 is 47.8 Å². The highest BCUT2D eigenvalue weighted by Crippen LogP contribution is 2.47. The van der Waals surface area contributed by atoms with Crippen LogP contribution < -0.4 is 50.6 Å². The second-order valence-electron chi connectivity index (χ2n) is 43.1. The van der Waals surface area contributed by atoms with Crippen LogP contribution >= 0.6 is 11.6 Å². The van der Waals surface area contributed by atoms with Crippen molar-refractivity contribution in [3.8, 4) is 6.07 Å². The molecule has 6 atom stereocenters. The molecule has 3 amide bonds. The number of fused-ring (bicyclic) bond motifs is 18. The van der Waals surface area contributed by atoms with Gasteiger partial charge in [-0.2, -0.15) is 30.5 Å². The van der Waals surface area contributed by atoms with Crippen molar-refractivity contribution in [1.82, 2.24) is 59.0 Å². The monoisotopic (exact) mass is 1970 g/mol. The highest BCUT2D eigenvalue weighted by molar-refractivity contribution is 7.90. The van der Waals surface area contributed by atoms with Gasteiger partial charge in [-0.1, -0.05) is 92.1 Å². The first-order valence-electron chi connectivity index (χ1n) is 47.7. The van der Waals surface area contributed by atoms with Gasteiger partial charge in [0.2, 0.25) is 6.54 Å². The molecule has 0 aliphatic carbocycles. The van der Waals surface area contributed by atoms with Gasteiger partial charge in [0.1, 0.15) is 34.9 Å². The van der Waals surface area contributed by atoms with Gasteiger partial charge < -0.3 is 50.5 Å². The average molecular weight is 1970 g/mol. The molecule has 32 nitrogen and oxygen atoms in total. The number of sulfonamides is 3. The standard InChI is InChI=1S/C32H43N7O3S.C32H39N7O3S.C29H35ClN6O3S.C9H16BNO2/c2*1-31(2,3)26-14-12-23-29(36-26)39-20-22(19-32(39,4)5)11-13-24(25-18-21(8-7-16-33)15-17-34-25)35-27-9-6-10-28(37-27)43(41,42)38-30(23)40;1-28(2,3)23-12-10-20-26(33-23)36-17-18(16-29(36,4)5)9-11-21(22-15-19(30)13-14-31-22)32-24-7-6-8-25(34-24)40(38,39)35-27(20)37;1-8(2)9(3,4)13-10(12-8)6-7-11-5/h6,9-10,12,14-15,17-18,22,24H,7-8,11,13,16,19-20,33H2,1-5H3,(H,35,37)(H,38,40);6,9-10,12,14-15,17-18,22,24H,7-8,11,13,19-20H2,1-5H3,(H,35,37)(H,38,40);6-8,10,12-15,18,21H,9,11,16-17H2,1-5H3,(H,32,34)(H,35,37);6-7H2,1-4H3/t2*22-,24?;18-,21?;/m000./s1. The summed E-state index contributed by atoms with van der Waals surface area (Å²) in [5.41, 5.74) is 11.3. The highest BCUT2D eigenvalue weighted by Gasteiger charge is 2.52. The van der Waals surface area contributed by atoms with Crippen LogP contribution in [-0.4, -0.2) is 155 Å². The normalized spacial score (nSPS) is 22.0. The van der Waals surface area contributed by atoms with Crippen LogP contribution in [0, 0.1) is 35.7 Å². The zero-order valence-corrected chi connectivity index (χ0v) is 86.5. The molecule has 4 fully saturated rings. The SMILES string of the molecule is CC(C)(C)c1ccc2c(n1)N1C[C@@H](CCC(c3cc(CCC#N)ccn3)Nc3cccc(n3)S(=O)(=O)NC2=O)CC1(C)C.CC(C)(C)c1ccc2c(n1)N1C[C@@H](CCC(c3cc(CCCN)ccn3)Nc3cccc(n3)S(=O)(=O)NC2=O)CC1(C)C.CC(C)(C)c1ccc2c(n1)N1C[C@@H](CCC(c3cc(Cl)ccn3)Nc3cccc(n3)S(=O)(=O)NC2=O)CC1(C)C.[C-]#[N+]CCB1OC(C)(C)C(C)(C)O1. The molecule has 7 aliphatic rings. The fraction of sp³-hybridized carbons (Fsp3) is 0.510.